The summed E-state index contributed by atoms with van der Waals surface area (Å²) in [6, 6.07) is 8.18. The number of rotatable bonds is 6. The predicted molar refractivity (Wildman–Crippen MR) is 101 cm³/mol. The van der Waals surface area contributed by atoms with Gasteiger partial charge >= 0.3 is 0 Å². The first kappa shape index (κ1) is 20.2. The van der Waals surface area contributed by atoms with Crippen LogP contribution in [0.25, 0.3) is 5.69 Å². The van der Waals surface area contributed by atoms with E-state index < -0.39 is 0 Å². The molecule has 0 fully saturated rings. The Morgan fingerprint density at radius 3 is 2.46 bits per heavy atom. The van der Waals surface area contributed by atoms with Crippen LogP contribution in [-0.4, -0.2) is 47.8 Å². The highest BCUT2D eigenvalue weighted by molar-refractivity contribution is 5.95. The van der Waals surface area contributed by atoms with E-state index in [0.29, 0.717) is 12.1 Å². The Labute approximate surface area is 150 Å². The number of aromatic nitrogens is 2. The monoisotopic (exact) mass is 350 g/mol. The molecule has 1 heterocycles. The van der Waals surface area contributed by atoms with Gasteiger partial charge in [-0.1, -0.05) is 31.5 Å². The van der Waals surface area contributed by atoms with Crippen molar-refractivity contribution in [3.8, 4) is 5.69 Å². The van der Waals surface area contributed by atoms with E-state index in [9.17, 15) is 4.79 Å². The van der Waals surface area contributed by atoms with E-state index in [1.807, 2.05) is 30.9 Å². The minimum absolute atomic E-state index is 0. The highest BCUT2D eigenvalue weighted by Crippen LogP contribution is 2.24. The highest BCUT2D eigenvalue weighted by Gasteiger charge is 2.23. The molecule has 0 radical (unpaired) electrons. The summed E-state index contributed by atoms with van der Waals surface area (Å²) in [6.07, 6.45) is 1.69. The maximum atomic E-state index is 12.7. The molecule has 0 atom stereocenters. The molecule has 0 aliphatic rings. The van der Waals surface area contributed by atoms with Crippen molar-refractivity contribution in [1.82, 2.24) is 20.0 Å². The largest absolute Gasteiger partial charge is 0.340 e. The quantitative estimate of drug-likeness (QED) is 0.871. The Morgan fingerprint density at radius 2 is 1.92 bits per heavy atom. The van der Waals surface area contributed by atoms with Crippen LogP contribution in [0.4, 0.5) is 0 Å². The van der Waals surface area contributed by atoms with E-state index in [2.05, 4.69) is 43.3 Å². The van der Waals surface area contributed by atoms with Crippen LogP contribution in [0.1, 0.15) is 41.4 Å². The van der Waals surface area contributed by atoms with Gasteiger partial charge in [0.15, 0.2) is 0 Å². The van der Waals surface area contributed by atoms with E-state index in [1.165, 1.54) is 5.56 Å². The van der Waals surface area contributed by atoms with Crippen LogP contribution in [-0.2, 0) is 0 Å². The van der Waals surface area contributed by atoms with Gasteiger partial charge < -0.3 is 10.2 Å². The van der Waals surface area contributed by atoms with E-state index in [-0.39, 0.29) is 24.2 Å². The lowest BCUT2D eigenvalue weighted by Crippen LogP contribution is -2.33. The molecule has 24 heavy (non-hydrogen) atoms. The molecule has 132 valence electrons. The van der Waals surface area contributed by atoms with E-state index in [1.54, 1.807) is 11.1 Å². The first-order chi connectivity index (χ1) is 11.0. The van der Waals surface area contributed by atoms with Crippen molar-refractivity contribution in [1.29, 1.82) is 0 Å². The van der Waals surface area contributed by atoms with Crippen molar-refractivity contribution < 1.29 is 4.79 Å². The van der Waals surface area contributed by atoms with Gasteiger partial charge in [0.2, 0.25) is 0 Å². The number of carbonyl (C=O) groups excluding carboxylic acids is 1. The average Bonchev–Trinajstić information content (AvgIpc) is 2.97. The SMILES string of the molecule is CNCCN(C)C(=O)c1cnn(-c2ccc(C)cc2)c1C(C)C.Cl. The van der Waals surface area contributed by atoms with Crippen molar-refractivity contribution >= 4 is 18.3 Å². The Morgan fingerprint density at radius 1 is 1.29 bits per heavy atom. The topological polar surface area (TPSA) is 50.2 Å². The summed E-state index contributed by atoms with van der Waals surface area (Å²) >= 11 is 0. The molecule has 0 aliphatic carbocycles. The zero-order valence-electron chi connectivity index (χ0n) is 15.0. The molecule has 1 amide bonds. The summed E-state index contributed by atoms with van der Waals surface area (Å²) < 4.78 is 1.88. The van der Waals surface area contributed by atoms with Crippen molar-refractivity contribution in [3.05, 3.63) is 47.3 Å². The van der Waals surface area contributed by atoms with E-state index >= 15 is 0 Å². The Balaban J connectivity index is 0.00000288. The third-order valence-corrected chi connectivity index (χ3v) is 3.91. The van der Waals surface area contributed by atoms with Gasteiger partial charge in [-0.15, -0.1) is 12.4 Å². The summed E-state index contributed by atoms with van der Waals surface area (Å²) in [5.74, 6) is 0.220. The smallest absolute Gasteiger partial charge is 0.257 e. The molecule has 1 aromatic heterocycles. The number of hydrogen-bond donors (Lipinski definition) is 1. The van der Waals surface area contributed by atoms with Gasteiger partial charge in [0, 0.05) is 20.1 Å². The van der Waals surface area contributed by atoms with Crippen molar-refractivity contribution in [2.24, 2.45) is 0 Å². The average molecular weight is 351 g/mol. The van der Waals surface area contributed by atoms with Crippen LogP contribution in [0.2, 0.25) is 0 Å². The van der Waals surface area contributed by atoms with Crippen LogP contribution in [0.15, 0.2) is 30.5 Å². The second-order valence-corrected chi connectivity index (χ2v) is 6.18. The lowest BCUT2D eigenvalue weighted by molar-refractivity contribution is 0.0795. The summed E-state index contributed by atoms with van der Waals surface area (Å²) in [5, 5.41) is 7.54. The van der Waals surface area contributed by atoms with Gasteiger partial charge in [0.1, 0.15) is 0 Å². The molecule has 1 N–H and O–H groups in total. The van der Waals surface area contributed by atoms with Gasteiger partial charge in [0.25, 0.3) is 5.91 Å². The molecule has 0 aliphatic heterocycles. The maximum absolute atomic E-state index is 12.7. The third kappa shape index (κ3) is 4.36. The zero-order valence-corrected chi connectivity index (χ0v) is 15.9. The molecule has 2 rings (SSSR count). The van der Waals surface area contributed by atoms with Crippen molar-refractivity contribution in [2.45, 2.75) is 26.7 Å². The first-order valence-corrected chi connectivity index (χ1v) is 8.00. The molecule has 0 unspecified atom stereocenters. The first-order valence-electron chi connectivity index (χ1n) is 8.00. The molecular weight excluding hydrogens is 324 g/mol. The second-order valence-electron chi connectivity index (χ2n) is 6.18. The number of nitrogens with one attached hydrogen (secondary N) is 1. The van der Waals surface area contributed by atoms with Crippen molar-refractivity contribution in [3.63, 3.8) is 0 Å². The molecular formula is C18H27ClN4O. The van der Waals surface area contributed by atoms with Gasteiger partial charge in [-0.3, -0.25) is 4.79 Å². The van der Waals surface area contributed by atoms with Gasteiger partial charge in [0.05, 0.1) is 23.1 Å². The van der Waals surface area contributed by atoms with E-state index in [4.69, 9.17) is 0 Å². The number of benzene rings is 1. The molecule has 0 saturated heterocycles. The molecule has 2 aromatic rings. The van der Waals surface area contributed by atoms with Crippen LogP contribution >= 0.6 is 12.4 Å². The van der Waals surface area contributed by atoms with Crippen molar-refractivity contribution in [2.75, 3.05) is 27.2 Å². The highest BCUT2D eigenvalue weighted by atomic mass is 35.5. The number of halogens is 1. The summed E-state index contributed by atoms with van der Waals surface area (Å²) in [7, 11) is 3.71. The van der Waals surface area contributed by atoms with Crippen LogP contribution in [0.3, 0.4) is 0 Å². The molecule has 0 saturated carbocycles. The third-order valence-electron chi connectivity index (χ3n) is 3.91. The Hall–Kier alpha value is -1.85. The standard InChI is InChI=1S/C18H26N4O.ClH/c1-13(2)17-16(18(23)21(5)11-10-19-4)12-20-22(17)15-8-6-14(3)7-9-15;/h6-9,12-13,19H,10-11H2,1-5H3;1H. The minimum atomic E-state index is 0. The van der Waals surface area contributed by atoms with Gasteiger partial charge in [-0.05, 0) is 32.0 Å². The molecule has 1 aromatic carbocycles. The molecule has 5 nitrogen and oxygen atoms in total. The fourth-order valence-corrected chi connectivity index (χ4v) is 2.56. The molecule has 0 spiro atoms. The number of likely N-dealkylation sites (N-methyl/N-ethyl adjacent to an activating group) is 2. The number of nitrogens with zero attached hydrogens (tertiary/aromatic N) is 3. The molecule has 0 bridgehead atoms. The number of aryl methyl sites for hydroxylation is 1. The fraction of sp³-hybridized carbons (Fsp3) is 0.444. The lowest BCUT2D eigenvalue weighted by atomic mass is 10.0. The Bertz CT molecular complexity index is 664. The summed E-state index contributed by atoms with van der Waals surface area (Å²) in [5.41, 5.74) is 3.82. The van der Waals surface area contributed by atoms with Crippen LogP contribution < -0.4 is 5.32 Å². The number of hydrogen-bond acceptors (Lipinski definition) is 3. The summed E-state index contributed by atoms with van der Waals surface area (Å²) in [6.45, 7) is 7.67. The van der Waals surface area contributed by atoms with Crippen LogP contribution in [0, 0.1) is 6.92 Å². The normalized spacial score (nSPS) is 10.6. The summed E-state index contributed by atoms with van der Waals surface area (Å²) in [4.78, 5) is 14.5. The molecule has 6 heteroatoms. The fourth-order valence-electron chi connectivity index (χ4n) is 2.56. The predicted octanol–water partition coefficient (Wildman–Crippen LogP) is 3.02. The zero-order chi connectivity index (χ0) is 17.0. The number of amides is 1. The number of carbonyl (C=O) groups is 1. The maximum Gasteiger partial charge on any atom is 0.257 e. The lowest BCUT2D eigenvalue weighted by Gasteiger charge is -2.18. The van der Waals surface area contributed by atoms with Crippen LogP contribution in [0.5, 0.6) is 0 Å². The van der Waals surface area contributed by atoms with Gasteiger partial charge in [-0.25, -0.2) is 4.68 Å². The second kappa shape index (κ2) is 8.85. The van der Waals surface area contributed by atoms with E-state index in [0.717, 1.165) is 17.9 Å². The minimum Gasteiger partial charge on any atom is -0.340 e. The Kier molecular flexibility index (Phi) is 7.45. The van der Waals surface area contributed by atoms with Gasteiger partial charge in [-0.2, -0.15) is 5.10 Å².